The fourth-order valence-corrected chi connectivity index (χ4v) is 3.91. The normalized spacial score (nSPS) is 22.2. The van der Waals surface area contributed by atoms with E-state index in [1.807, 2.05) is 26.8 Å². The van der Waals surface area contributed by atoms with Crippen LogP contribution in [0.5, 0.6) is 0 Å². The van der Waals surface area contributed by atoms with Gasteiger partial charge in [0.25, 0.3) is 0 Å². The van der Waals surface area contributed by atoms with Crippen molar-refractivity contribution in [2.75, 3.05) is 29.9 Å². The molecule has 2 aliphatic rings. The number of likely N-dealkylation sites (tertiary alicyclic amines) is 1. The third-order valence-electron chi connectivity index (χ3n) is 4.87. The lowest BCUT2D eigenvalue weighted by Crippen LogP contribution is -2.41. The van der Waals surface area contributed by atoms with Crippen molar-refractivity contribution >= 4 is 33.7 Å². The first kappa shape index (κ1) is 19.2. The summed E-state index contributed by atoms with van der Waals surface area (Å²) >= 11 is 3.46. The van der Waals surface area contributed by atoms with E-state index in [2.05, 4.69) is 26.1 Å². The third-order valence-corrected chi connectivity index (χ3v) is 5.79. The minimum absolute atomic E-state index is 0.132. The van der Waals surface area contributed by atoms with Gasteiger partial charge >= 0.3 is 6.09 Å². The molecule has 7 nitrogen and oxygen atoms in total. The highest BCUT2D eigenvalue weighted by atomic mass is 79.9. The summed E-state index contributed by atoms with van der Waals surface area (Å²) in [6.45, 7) is 7.69. The molecule has 144 valence electrons. The van der Waals surface area contributed by atoms with E-state index in [1.54, 1.807) is 9.80 Å². The van der Waals surface area contributed by atoms with Gasteiger partial charge in [0, 0.05) is 49.1 Å². The predicted octanol–water partition coefficient (Wildman–Crippen LogP) is 3.27. The number of carbonyl (C=O) groups excluding carboxylic acids is 2. The summed E-state index contributed by atoms with van der Waals surface area (Å²) in [4.78, 5) is 27.9. The number of nitrogens with zero attached hydrogens (tertiary/aromatic N) is 3. The van der Waals surface area contributed by atoms with Crippen LogP contribution in [-0.4, -0.2) is 57.7 Å². The van der Waals surface area contributed by atoms with Gasteiger partial charge in [0.05, 0.1) is 0 Å². The maximum absolute atomic E-state index is 12.2. The van der Waals surface area contributed by atoms with Gasteiger partial charge in [-0.05, 0) is 39.5 Å². The predicted molar refractivity (Wildman–Crippen MR) is 103 cm³/mol. The molecule has 1 aromatic heterocycles. The number of anilines is 1. The molecule has 3 rings (SSSR count). The van der Waals surface area contributed by atoms with Crippen molar-refractivity contribution in [3.8, 4) is 0 Å². The van der Waals surface area contributed by atoms with Gasteiger partial charge in [-0.25, -0.2) is 4.79 Å². The van der Waals surface area contributed by atoms with E-state index in [4.69, 9.17) is 4.74 Å². The Bertz CT molecular complexity index is 662. The Morgan fingerprint density at radius 3 is 2.65 bits per heavy atom. The lowest BCUT2D eigenvalue weighted by atomic mass is 9.94. The molecule has 1 aromatic rings. The number of H-pyrrole nitrogens is 1. The Hall–Kier alpha value is -1.57. The zero-order valence-electron chi connectivity index (χ0n) is 15.6. The van der Waals surface area contributed by atoms with Gasteiger partial charge in [-0.2, -0.15) is 5.10 Å². The number of hydrogen-bond donors (Lipinski definition) is 1. The molecule has 8 heteroatoms. The Kier molecular flexibility index (Phi) is 5.60. The number of aromatic amines is 1. The van der Waals surface area contributed by atoms with Crippen molar-refractivity contribution in [2.24, 2.45) is 5.92 Å². The molecule has 0 radical (unpaired) electrons. The number of carbonyl (C=O) groups is 2. The van der Waals surface area contributed by atoms with Crippen LogP contribution in [0.1, 0.15) is 51.6 Å². The molecule has 2 fully saturated rings. The summed E-state index contributed by atoms with van der Waals surface area (Å²) in [5.41, 5.74) is 0.570. The lowest BCUT2D eigenvalue weighted by Gasteiger charge is -2.33. The molecule has 1 unspecified atom stereocenters. The summed E-state index contributed by atoms with van der Waals surface area (Å²) in [5, 5.41) is 8.28. The average molecular weight is 427 g/mol. The van der Waals surface area contributed by atoms with E-state index < -0.39 is 5.60 Å². The first-order valence-corrected chi connectivity index (χ1v) is 10.3. The summed E-state index contributed by atoms with van der Waals surface area (Å²) in [6.07, 6.45) is 2.05. The molecule has 0 saturated carbocycles. The smallest absolute Gasteiger partial charge is 0.410 e. The van der Waals surface area contributed by atoms with Crippen LogP contribution in [0.3, 0.4) is 0 Å². The summed E-state index contributed by atoms with van der Waals surface area (Å²) in [7, 11) is 0. The number of aromatic nitrogens is 2. The van der Waals surface area contributed by atoms with Crippen molar-refractivity contribution in [1.29, 1.82) is 0 Å². The van der Waals surface area contributed by atoms with Gasteiger partial charge in [-0.3, -0.25) is 14.8 Å². The van der Waals surface area contributed by atoms with E-state index in [0.29, 0.717) is 43.7 Å². The highest BCUT2D eigenvalue weighted by Gasteiger charge is 2.33. The maximum Gasteiger partial charge on any atom is 0.410 e. The Balaban J connectivity index is 1.57. The van der Waals surface area contributed by atoms with Gasteiger partial charge in [0.2, 0.25) is 5.91 Å². The van der Waals surface area contributed by atoms with Gasteiger partial charge in [0.1, 0.15) is 5.60 Å². The Morgan fingerprint density at radius 1 is 1.38 bits per heavy atom. The van der Waals surface area contributed by atoms with Crippen LogP contribution in [0.15, 0.2) is 6.07 Å². The number of piperidine rings is 1. The molecule has 0 bridgehead atoms. The number of rotatable bonds is 3. The molecule has 1 N–H and O–H groups in total. The molecule has 2 saturated heterocycles. The van der Waals surface area contributed by atoms with Crippen molar-refractivity contribution in [3.05, 3.63) is 11.8 Å². The fraction of sp³-hybridized carbons (Fsp3) is 0.722. The van der Waals surface area contributed by atoms with Crippen LogP contribution < -0.4 is 4.90 Å². The van der Waals surface area contributed by atoms with E-state index >= 15 is 0 Å². The van der Waals surface area contributed by atoms with Crippen LogP contribution in [0.4, 0.5) is 10.6 Å². The average Bonchev–Trinajstić information content (AvgIpc) is 3.19. The number of ether oxygens (including phenoxy) is 1. The van der Waals surface area contributed by atoms with Gasteiger partial charge in [0.15, 0.2) is 5.82 Å². The minimum atomic E-state index is -0.471. The second kappa shape index (κ2) is 7.58. The van der Waals surface area contributed by atoms with Crippen molar-refractivity contribution < 1.29 is 14.3 Å². The third kappa shape index (κ3) is 4.39. The molecule has 2 aliphatic heterocycles. The van der Waals surface area contributed by atoms with E-state index in [1.165, 1.54) is 0 Å². The number of nitrogens with one attached hydrogen (secondary N) is 1. The first-order chi connectivity index (χ1) is 12.3. The molecule has 0 aliphatic carbocycles. The van der Waals surface area contributed by atoms with Crippen molar-refractivity contribution in [3.63, 3.8) is 0 Å². The van der Waals surface area contributed by atoms with Gasteiger partial charge < -0.3 is 9.64 Å². The molecular weight excluding hydrogens is 400 g/mol. The number of halogens is 1. The van der Waals surface area contributed by atoms with Crippen LogP contribution >= 0.6 is 15.9 Å². The second-order valence-corrected chi connectivity index (χ2v) is 8.80. The van der Waals surface area contributed by atoms with Crippen molar-refractivity contribution in [1.82, 2.24) is 15.1 Å². The van der Waals surface area contributed by atoms with Gasteiger partial charge in [-0.1, -0.05) is 15.9 Å². The van der Waals surface area contributed by atoms with E-state index in [0.717, 1.165) is 23.9 Å². The highest BCUT2D eigenvalue weighted by molar-refractivity contribution is 9.09. The zero-order valence-corrected chi connectivity index (χ0v) is 17.2. The molecule has 26 heavy (non-hydrogen) atoms. The second-order valence-electron chi connectivity index (χ2n) is 8.15. The van der Waals surface area contributed by atoms with E-state index in [9.17, 15) is 9.59 Å². The number of hydrogen-bond acceptors (Lipinski definition) is 4. The molecule has 2 amide bonds. The quantitative estimate of drug-likeness (QED) is 0.752. The van der Waals surface area contributed by atoms with Crippen LogP contribution in [0.2, 0.25) is 0 Å². The largest absolute Gasteiger partial charge is 0.444 e. The summed E-state index contributed by atoms with van der Waals surface area (Å²) < 4.78 is 5.44. The molecular formula is C18H27BrN4O3. The van der Waals surface area contributed by atoms with Gasteiger partial charge in [-0.15, -0.1) is 0 Å². The highest BCUT2D eigenvalue weighted by Crippen LogP contribution is 2.31. The standard InChI is InChI=1S/C18H27BrN4O3/c1-18(2,3)26-17(25)22-6-4-13(5-7-22)14-9-15(21-20-14)23-11-12(10-19)8-16(23)24/h9,12-13H,4-8,10-11H2,1-3H3,(H,20,21). The summed E-state index contributed by atoms with van der Waals surface area (Å²) in [6, 6.07) is 1.99. The fourth-order valence-electron chi connectivity index (χ4n) is 3.48. The molecule has 3 heterocycles. The minimum Gasteiger partial charge on any atom is -0.444 e. The Labute approximate surface area is 162 Å². The van der Waals surface area contributed by atoms with Crippen LogP contribution in [0, 0.1) is 5.92 Å². The van der Waals surface area contributed by atoms with Crippen LogP contribution in [0.25, 0.3) is 0 Å². The van der Waals surface area contributed by atoms with E-state index in [-0.39, 0.29) is 12.0 Å². The first-order valence-electron chi connectivity index (χ1n) is 9.16. The zero-order chi connectivity index (χ0) is 18.9. The van der Waals surface area contributed by atoms with Crippen LogP contribution in [-0.2, 0) is 9.53 Å². The number of alkyl halides is 1. The lowest BCUT2D eigenvalue weighted by molar-refractivity contribution is -0.117. The topological polar surface area (TPSA) is 78.5 Å². The van der Waals surface area contributed by atoms with Crippen molar-refractivity contribution in [2.45, 2.75) is 51.6 Å². The SMILES string of the molecule is CC(C)(C)OC(=O)N1CCC(c2cc(N3CC(CBr)CC3=O)n[nH]2)CC1. The molecule has 1 atom stereocenters. The molecule has 0 spiro atoms. The monoisotopic (exact) mass is 426 g/mol. The molecule has 0 aromatic carbocycles. The number of amides is 2. The Morgan fingerprint density at radius 2 is 2.08 bits per heavy atom. The maximum atomic E-state index is 12.2. The summed E-state index contributed by atoms with van der Waals surface area (Å²) in [5.74, 6) is 1.51.